The van der Waals surface area contributed by atoms with Crippen molar-refractivity contribution in [2.45, 2.75) is 51.7 Å². The van der Waals surface area contributed by atoms with Gasteiger partial charge in [0.2, 0.25) is 5.91 Å². The van der Waals surface area contributed by atoms with Gasteiger partial charge < -0.3 is 19.5 Å². The number of likely N-dealkylation sites (tertiary alicyclic amines) is 1. The van der Waals surface area contributed by atoms with Crippen LogP contribution in [0.5, 0.6) is 11.5 Å². The lowest BCUT2D eigenvalue weighted by atomic mass is 10.1. The first kappa shape index (κ1) is 26.4. The summed E-state index contributed by atoms with van der Waals surface area (Å²) in [5, 5.41) is 11.4. The molecule has 1 saturated heterocycles. The van der Waals surface area contributed by atoms with E-state index in [1.807, 2.05) is 61.2 Å². The number of pyridine rings is 1. The van der Waals surface area contributed by atoms with Crippen molar-refractivity contribution in [3.05, 3.63) is 106 Å². The maximum Gasteiger partial charge on any atom is 0.251 e. The smallest absolute Gasteiger partial charge is 0.251 e. The lowest BCUT2D eigenvalue weighted by Crippen LogP contribution is -2.37. The first-order valence-corrected chi connectivity index (χ1v) is 13.8. The lowest BCUT2D eigenvalue weighted by Gasteiger charge is -2.17. The molecule has 2 amide bonds. The molecule has 0 bridgehead atoms. The number of nitrogens with zero attached hydrogens (tertiary/aromatic N) is 4. The summed E-state index contributed by atoms with van der Waals surface area (Å²) < 4.78 is 7.92. The molecule has 3 heterocycles. The Balaban J connectivity index is 1.25. The zero-order chi connectivity index (χ0) is 28.5. The van der Waals surface area contributed by atoms with E-state index >= 15 is 0 Å². The minimum Gasteiger partial charge on any atom is -0.457 e. The van der Waals surface area contributed by atoms with Crippen LogP contribution in [-0.4, -0.2) is 50.1 Å². The molecular formula is C32H31N5O4. The number of hydrogen-bond donors (Lipinski definition) is 1. The Bertz CT molecular complexity index is 1660. The van der Waals surface area contributed by atoms with Gasteiger partial charge in [0.15, 0.2) is 0 Å². The summed E-state index contributed by atoms with van der Waals surface area (Å²) in [6.45, 7) is 4.65. The van der Waals surface area contributed by atoms with Crippen LogP contribution in [0.25, 0.3) is 11.3 Å². The van der Waals surface area contributed by atoms with Crippen LogP contribution in [0.15, 0.2) is 77.7 Å². The number of benzene rings is 2. The predicted octanol–water partition coefficient (Wildman–Crippen LogP) is 4.26. The Morgan fingerprint density at radius 3 is 2.51 bits per heavy atom. The highest BCUT2D eigenvalue weighted by atomic mass is 16.5. The topological polar surface area (TPSA) is 106 Å². The average molecular weight is 550 g/mol. The van der Waals surface area contributed by atoms with Gasteiger partial charge in [-0.05, 0) is 80.8 Å². The first-order valence-electron chi connectivity index (χ1n) is 13.8. The van der Waals surface area contributed by atoms with Crippen LogP contribution in [0, 0.1) is 13.8 Å². The molecule has 2 aromatic heterocycles. The molecule has 1 unspecified atom stereocenters. The molecule has 2 aliphatic rings. The van der Waals surface area contributed by atoms with Crippen molar-refractivity contribution in [1.29, 1.82) is 0 Å². The van der Waals surface area contributed by atoms with Crippen LogP contribution in [0.1, 0.15) is 46.4 Å². The summed E-state index contributed by atoms with van der Waals surface area (Å²) in [6.07, 6.45) is 4.19. The summed E-state index contributed by atoms with van der Waals surface area (Å²) in [5.74, 6) is 0.875. The Hall–Kier alpha value is -4.79. The lowest BCUT2D eigenvalue weighted by molar-refractivity contribution is -0.128. The third-order valence-electron chi connectivity index (χ3n) is 7.46. The minimum absolute atomic E-state index is 0.0980. The fourth-order valence-electron chi connectivity index (χ4n) is 5.09. The molecular weight excluding hydrogens is 518 g/mol. The number of carbonyl (C=O) groups is 2. The van der Waals surface area contributed by atoms with E-state index in [-0.39, 0.29) is 30.0 Å². The van der Waals surface area contributed by atoms with Crippen LogP contribution < -0.4 is 15.6 Å². The van der Waals surface area contributed by atoms with E-state index < -0.39 is 0 Å². The van der Waals surface area contributed by atoms with Crippen molar-refractivity contribution in [2.24, 2.45) is 0 Å². The molecule has 1 atom stereocenters. The number of ether oxygens (including phenoxy) is 1. The van der Waals surface area contributed by atoms with Crippen molar-refractivity contribution in [3.63, 3.8) is 0 Å². The molecule has 1 aliphatic carbocycles. The molecule has 1 aliphatic heterocycles. The number of rotatable bonds is 8. The van der Waals surface area contributed by atoms with Gasteiger partial charge in [0, 0.05) is 48.0 Å². The molecule has 41 heavy (non-hydrogen) atoms. The number of nitrogens with one attached hydrogen (secondary N) is 1. The van der Waals surface area contributed by atoms with Crippen LogP contribution in [0.2, 0.25) is 0 Å². The largest absolute Gasteiger partial charge is 0.457 e. The second-order valence-corrected chi connectivity index (χ2v) is 10.8. The quantitative estimate of drug-likeness (QED) is 0.352. The summed E-state index contributed by atoms with van der Waals surface area (Å²) in [4.78, 5) is 40.0. The molecule has 9 heteroatoms. The molecule has 1 saturated carbocycles. The standard InChI is InChI=1S/C32H31N5O4/c1-20-3-14-30(38)36(17-20)18-24-6-5-23(32(40)33-25-16-31(39)37(19-25)26-9-10-26)15-29(24)41-27-11-7-22(8-12-27)28-13-4-21(2)34-35-28/h3-8,11-15,17,25-26H,9-10,16,18-19H2,1-2H3,(H,33,40). The van der Waals surface area contributed by atoms with Gasteiger partial charge in [0.25, 0.3) is 11.5 Å². The molecule has 1 N–H and O–H groups in total. The molecule has 208 valence electrons. The third-order valence-corrected chi connectivity index (χ3v) is 7.46. The third kappa shape index (κ3) is 6.04. The van der Waals surface area contributed by atoms with Crippen LogP contribution in [-0.2, 0) is 11.3 Å². The summed E-state index contributed by atoms with van der Waals surface area (Å²) in [6, 6.07) is 20.0. The molecule has 2 fully saturated rings. The monoisotopic (exact) mass is 549 g/mol. The molecule has 6 rings (SSSR count). The number of amides is 2. The predicted molar refractivity (Wildman–Crippen MR) is 154 cm³/mol. The van der Waals surface area contributed by atoms with Crippen LogP contribution >= 0.6 is 0 Å². The van der Waals surface area contributed by atoms with Gasteiger partial charge in [-0.1, -0.05) is 12.1 Å². The second-order valence-electron chi connectivity index (χ2n) is 10.8. The van der Waals surface area contributed by atoms with Gasteiger partial charge in [-0.25, -0.2) is 0 Å². The van der Waals surface area contributed by atoms with Gasteiger partial charge in [0.05, 0.1) is 24.0 Å². The maximum absolute atomic E-state index is 13.2. The van der Waals surface area contributed by atoms with Crippen molar-refractivity contribution >= 4 is 11.8 Å². The highest BCUT2D eigenvalue weighted by Crippen LogP contribution is 2.32. The number of aryl methyl sites for hydroxylation is 2. The number of hydrogen-bond acceptors (Lipinski definition) is 6. The van der Waals surface area contributed by atoms with E-state index in [1.54, 1.807) is 29.0 Å². The Kier molecular flexibility index (Phi) is 7.09. The molecule has 9 nitrogen and oxygen atoms in total. The fourth-order valence-corrected chi connectivity index (χ4v) is 5.09. The summed E-state index contributed by atoms with van der Waals surface area (Å²) >= 11 is 0. The molecule has 0 spiro atoms. The van der Waals surface area contributed by atoms with Crippen LogP contribution in [0.4, 0.5) is 0 Å². The average Bonchev–Trinajstić information content (AvgIpc) is 3.74. The zero-order valence-corrected chi connectivity index (χ0v) is 23.0. The Morgan fingerprint density at radius 1 is 0.976 bits per heavy atom. The van der Waals surface area contributed by atoms with Crippen LogP contribution in [0.3, 0.4) is 0 Å². The first-order chi connectivity index (χ1) is 19.8. The van der Waals surface area contributed by atoms with E-state index in [9.17, 15) is 14.4 Å². The van der Waals surface area contributed by atoms with E-state index in [0.29, 0.717) is 36.1 Å². The van der Waals surface area contributed by atoms with Crippen molar-refractivity contribution in [1.82, 2.24) is 25.0 Å². The van der Waals surface area contributed by atoms with Crippen molar-refractivity contribution < 1.29 is 14.3 Å². The van der Waals surface area contributed by atoms with Gasteiger partial charge in [-0.2, -0.15) is 10.2 Å². The van der Waals surface area contributed by atoms with Crippen molar-refractivity contribution in [2.75, 3.05) is 6.54 Å². The highest BCUT2D eigenvalue weighted by Gasteiger charge is 2.39. The van der Waals surface area contributed by atoms with E-state index in [1.165, 1.54) is 6.07 Å². The van der Waals surface area contributed by atoms with Gasteiger partial charge in [-0.15, -0.1) is 0 Å². The van der Waals surface area contributed by atoms with Crippen molar-refractivity contribution in [3.8, 4) is 22.8 Å². The summed E-state index contributed by atoms with van der Waals surface area (Å²) in [5.41, 5.74) is 4.50. The van der Waals surface area contributed by atoms with E-state index in [2.05, 4.69) is 15.5 Å². The van der Waals surface area contributed by atoms with E-state index in [4.69, 9.17) is 4.74 Å². The molecule has 0 radical (unpaired) electrons. The Morgan fingerprint density at radius 2 is 1.78 bits per heavy atom. The number of aromatic nitrogens is 3. The van der Waals surface area contributed by atoms with Gasteiger partial charge >= 0.3 is 0 Å². The Labute approximate surface area is 237 Å². The molecule has 2 aromatic carbocycles. The minimum atomic E-state index is -0.266. The summed E-state index contributed by atoms with van der Waals surface area (Å²) in [7, 11) is 0. The zero-order valence-electron chi connectivity index (χ0n) is 23.0. The second kappa shape index (κ2) is 11.0. The SMILES string of the molecule is Cc1ccc(=O)n(Cc2ccc(C(=O)NC3CC(=O)N(C4CC4)C3)cc2Oc2ccc(-c3ccc(C)nn3)cc2)c1. The van der Waals surface area contributed by atoms with Gasteiger partial charge in [-0.3, -0.25) is 14.4 Å². The fraction of sp³-hybridized carbons (Fsp3) is 0.281. The van der Waals surface area contributed by atoms with Gasteiger partial charge in [0.1, 0.15) is 11.5 Å². The normalized spacial score (nSPS) is 16.6. The highest BCUT2D eigenvalue weighted by molar-refractivity contribution is 5.95. The van der Waals surface area contributed by atoms with E-state index in [0.717, 1.165) is 40.9 Å². The maximum atomic E-state index is 13.2. The molecule has 4 aromatic rings. The number of carbonyl (C=O) groups excluding carboxylic acids is 2.